The van der Waals surface area contributed by atoms with Gasteiger partial charge in [0.15, 0.2) is 0 Å². The van der Waals surface area contributed by atoms with Crippen molar-refractivity contribution in [3.63, 3.8) is 0 Å². The topological polar surface area (TPSA) is 235 Å². The number of hydrogen-bond acceptors (Lipinski definition) is 10. The normalized spacial score (nSPS) is 14.0. The van der Waals surface area contributed by atoms with Crippen LogP contribution in [-0.4, -0.2) is 83.4 Å². The zero-order valence-electron chi connectivity index (χ0n) is 32.0. The van der Waals surface area contributed by atoms with Crippen LogP contribution in [0.1, 0.15) is 73.3 Å². The van der Waals surface area contributed by atoms with Gasteiger partial charge in [0.05, 0.1) is 17.6 Å². The van der Waals surface area contributed by atoms with Crippen LogP contribution in [0.2, 0.25) is 0 Å². The molecule has 0 aliphatic carbocycles. The van der Waals surface area contributed by atoms with Crippen LogP contribution in [0.5, 0.6) is 5.75 Å². The quantitative estimate of drug-likeness (QED) is 0.0471. The molecule has 0 bridgehead atoms. The Morgan fingerprint density at radius 2 is 1.44 bits per heavy atom. The lowest BCUT2D eigenvalue weighted by Gasteiger charge is -2.35. The minimum atomic E-state index is -1.15. The minimum Gasteiger partial charge on any atom is -0.425 e. The van der Waals surface area contributed by atoms with Gasteiger partial charge >= 0.3 is 5.97 Å². The number of amides is 5. The van der Waals surface area contributed by atoms with Crippen molar-refractivity contribution in [2.75, 3.05) is 19.6 Å². The number of esters is 1. The Hall–Kier alpha value is -5.38. The van der Waals surface area contributed by atoms with Gasteiger partial charge in [0, 0.05) is 35.9 Å². The molecule has 6 N–H and O–H groups in total. The molecule has 5 amide bonds. The summed E-state index contributed by atoms with van der Waals surface area (Å²) in [4.78, 5) is 89.0. The van der Waals surface area contributed by atoms with Crippen molar-refractivity contribution < 1.29 is 43.5 Å². The Balaban J connectivity index is 2.11. The number of ether oxygens (including phenoxy) is 1. The monoisotopic (exact) mass is 754 g/mol. The summed E-state index contributed by atoms with van der Waals surface area (Å²) in [6.45, 7) is 11.2. The van der Waals surface area contributed by atoms with Crippen molar-refractivity contribution in [2.45, 2.75) is 92.3 Å². The van der Waals surface area contributed by atoms with E-state index in [2.05, 4.69) is 26.6 Å². The Kier molecular flexibility index (Phi) is 17.2. The average molecular weight is 755 g/mol. The van der Waals surface area contributed by atoms with E-state index < -0.39 is 76.6 Å². The van der Waals surface area contributed by atoms with Crippen molar-refractivity contribution in [1.29, 1.82) is 0 Å². The lowest BCUT2D eigenvalue weighted by Crippen LogP contribution is -2.56. The van der Waals surface area contributed by atoms with E-state index in [1.54, 1.807) is 58.0 Å². The maximum atomic E-state index is 13.7. The molecule has 0 aliphatic heterocycles. The van der Waals surface area contributed by atoms with Crippen LogP contribution in [0.25, 0.3) is 0 Å². The number of aliphatic hydroxyl groups is 1. The summed E-state index contributed by atoms with van der Waals surface area (Å²) in [6.07, 6.45) is 0.104. The largest absolute Gasteiger partial charge is 0.425 e. The van der Waals surface area contributed by atoms with E-state index in [4.69, 9.17) is 4.74 Å². The fraction of sp³-hybridized carbons (Fsp3) is 0.526. The Bertz CT molecular complexity index is 1610. The second-order valence-corrected chi connectivity index (χ2v) is 14.7. The molecule has 0 spiro atoms. The molecule has 4 atom stereocenters. The first-order valence-electron chi connectivity index (χ1n) is 17.9. The lowest BCUT2D eigenvalue weighted by molar-refractivity contribution is -0.384. The summed E-state index contributed by atoms with van der Waals surface area (Å²) < 4.78 is 5.14. The first-order valence-corrected chi connectivity index (χ1v) is 17.9. The van der Waals surface area contributed by atoms with Gasteiger partial charge in [-0.05, 0) is 49.8 Å². The molecule has 54 heavy (non-hydrogen) atoms. The summed E-state index contributed by atoms with van der Waals surface area (Å²) >= 11 is 0. The van der Waals surface area contributed by atoms with Gasteiger partial charge in [-0.2, -0.15) is 0 Å². The fourth-order valence-corrected chi connectivity index (χ4v) is 5.64. The first-order chi connectivity index (χ1) is 25.3. The Morgan fingerprint density at radius 1 is 0.815 bits per heavy atom. The highest BCUT2D eigenvalue weighted by Crippen LogP contribution is 2.37. The molecular formula is C38H54N6O10. The van der Waals surface area contributed by atoms with E-state index in [9.17, 15) is 44.0 Å². The van der Waals surface area contributed by atoms with E-state index in [0.717, 1.165) is 5.56 Å². The predicted octanol–water partition coefficient (Wildman–Crippen LogP) is 2.32. The van der Waals surface area contributed by atoms with Crippen LogP contribution >= 0.6 is 0 Å². The summed E-state index contributed by atoms with van der Waals surface area (Å²) in [5.74, 6) is -3.65. The number of carbonyl (C=O) groups excluding carboxylic acids is 6. The number of rotatable bonds is 21. The number of nitrogens with one attached hydrogen (secondary N) is 5. The zero-order chi connectivity index (χ0) is 40.6. The van der Waals surface area contributed by atoms with Gasteiger partial charge in [-0.3, -0.25) is 34.1 Å². The van der Waals surface area contributed by atoms with Crippen LogP contribution < -0.4 is 31.3 Å². The number of aliphatic hydroxyl groups excluding tert-OH is 1. The third-order valence-corrected chi connectivity index (χ3v) is 8.70. The second kappa shape index (κ2) is 20.8. The molecule has 2 rings (SSSR count). The Morgan fingerprint density at radius 3 is 2.00 bits per heavy atom. The van der Waals surface area contributed by atoms with Crippen LogP contribution in [0.4, 0.5) is 5.69 Å². The molecule has 2 aromatic rings. The number of nitro groups is 1. The molecule has 0 saturated heterocycles. The maximum absolute atomic E-state index is 13.7. The zero-order valence-corrected chi connectivity index (χ0v) is 32.0. The number of non-ortho nitro benzene ring substituents is 1. The van der Waals surface area contributed by atoms with E-state index in [-0.39, 0.29) is 49.1 Å². The summed E-state index contributed by atoms with van der Waals surface area (Å²) in [6, 6.07) is 11.5. The van der Waals surface area contributed by atoms with Gasteiger partial charge in [-0.15, -0.1) is 0 Å². The van der Waals surface area contributed by atoms with Crippen molar-refractivity contribution in [3.05, 3.63) is 70.3 Å². The van der Waals surface area contributed by atoms with Crippen molar-refractivity contribution in [1.82, 2.24) is 26.6 Å². The molecule has 0 aliphatic rings. The second-order valence-electron chi connectivity index (χ2n) is 14.7. The molecule has 296 valence electrons. The number of nitrogens with zero attached hydrogens (tertiary/aromatic N) is 1. The molecule has 0 heterocycles. The third kappa shape index (κ3) is 14.9. The van der Waals surface area contributed by atoms with Gasteiger partial charge < -0.3 is 36.4 Å². The van der Waals surface area contributed by atoms with Gasteiger partial charge in [0.2, 0.25) is 29.5 Å². The van der Waals surface area contributed by atoms with E-state index >= 15 is 0 Å². The first kappa shape index (κ1) is 44.8. The summed E-state index contributed by atoms with van der Waals surface area (Å²) in [7, 11) is 0. The molecule has 2 aromatic carbocycles. The SMILES string of the molecule is CCC(C)(CC(C)(C)C(=O)NCC(=O)NC(Cc1ccccc1)C(=O)NC(CC(C)C)C(=O)NCC(=O)Oc1ccc([N+](=O)[O-])cc1)C(=O)NCC(C)O. The highest BCUT2D eigenvalue weighted by atomic mass is 16.6. The van der Waals surface area contributed by atoms with Crippen LogP contribution in [-0.2, 0) is 35.2 Å². The molecule has 4 unspecified atom stereocenters. The number of carbonyl (C=O) groups is 6. The highest BCUT2D eigenvalue weighted by Gasteiger charge is 2.41. The number of nitro benzene ring substituents is 1. The van der Waals surface area contributed by atoms with Gasteiger partial charge in [0.25, 0.3) is 5.69 Å². The van der Waals surface area contributed by atoms with E-state index in [0.29, 0.717) is 6.42 Å². The molecule has 0 aromatic heterocycles. The van der Waals surface area contributed by atoms with Gasteiger partial charge in [-0.1, -0.05) is 71.9 Å². The number of benzene rings is 2. The van der Waals surface area contributed by atoms with Crippen molar-refractivity contribution in [3.8, 4) is 5.75 Å². The van der Waals surface area contributed by atoms with E-state index in [1.807, 2.05) is 20.8 Å². The average Bonchev–Trinajstić information content (AvgIpc) is 3.11. The predicted molar refractivity (Wildman–Crippen MR) is 200 cm³/mol. The molecule has 16 nitrogen and oxygen atoms in total. The molecule has 0 radical (unpaired) electrons. The fourth-order valence-electron chi connectivity index (χ4n) is 5.64. The third-order valence-electron chi connectivity index (χ3n) is 8.70. The van der Waals surface area contributed by atoms with Crippen LogP contribution in [0.3, 0.4) is 0 Å². The number of hydrogen-bond donors (Lipinski definition) is 6. The molecule has 16 heteroatoms. The van der Waals surface area contributed by atoms with Gasteiger partial charge in [-0.25, -0.2) is 4.79 Å². The van der Waals surface area contributed by atoms with Gasteiger partial charge in [0.1, 0.15) is 24.4 Å². The van der Waals surface area contributed by atoms with Crippen LogP contribution in [0.15, 0.2) is 54.6 Å². The standard InChI is InChI=1S/C38H54N6O10/c1-8-38(7,36(51)40-20-25(4)45)23-37(5,6)35(50)41-21-31(46)42-30(19-26-12-10-9-11-13-26)34(49)43-29(18-24(2)3)33(48)39-22-32(47)54-28-16-14-27(15-17-28)44(52)53/h9-17,24-25,29-30,45H,8,18-23H2,1-7H3,(H,39,48)(H,40,51)(H,41,50)(H,42,46)(H,43,49). The molecule has 0 saturated carbocycles. The maximum Gasteiger partial charge on any atom is 0.330 e. The minimum absolute atomic E-state index is 0.0434. The highest BCUT2D eigenvalue weighted by molar-refractivity contribution is 5.94. The van der Waals surface area contributed by atoms with Crippen LogP contribution in [0, 0.1) is 26.9 Å². The summed E-state index contributed by atoms with van der Waals surface area (Å²) in [5, 5.41) is 33.6. The Labute approximate surface area is 315 Å². The summed E-state index contributed by atoms with van der Waals surface area (Å²) in [5.41, 5.74) is -1.47. The smallest absolute Gasteiger partial charge is 0.330 e. The molecular weight excluding hydrogens is 700 g/mol. The molecule has 0 fully saturated rings. The lowest BCUT2D eigenvalue weighted by atomic mass is 9.71. The van der Waals surface area contributed by atoms with Crippen molar-refractivity contribution >= 4 is 41.2 Å². The van der Waals surface area contributed by atoms with E-state index in [1.165, 1.54) is 24.3 Å². The van der Waals surface area contributed by atoms with Crippen molar-refractivity contribution in [2.24, 2.45) is 16.7 Å².